The van der Waals surface area contributed by atoms with E-state index in [9.17, 15) is 13.0 Å². The predicted molar refractivity (Wildman–Crippen MR) is 62.1 cm³/mol. The van der Waals surface area contributed by atoms with Gasteiger partial charge in [-0.3, -0.25) is 0 Å². The average Bonchev–Trinajstić information content (AvgIpc) is 2.16. The Morgan fingerprint density at radius 1 is 1.06 bits per heavy atom. The number of rotatable bonds is 1. The molecule has 0 radical (unpaired) electrons. The number of anilines is 1. The van der Waals surface area contributed by atoms with E-state index in [1.807, 2.05) is 0 Å². The molecule has 0 bridgehead atoms. The second kappa shape index (κ2) is 4.58. The van der Waals surface area contributed by atoms with E-state index in [-0.39, 0.29) is 27.9 Å². The Morgan fingerprint density at radius 2 is 1.62 bits per heavy atom. The Labute approximate surface area is 109 Å². The van der Waals surface area contributed by atoms with Crippen molar-refractivity contribution in [3.63, 3.8) is 0 Å². The van der Waals surface area contributed by atoms with Crippen LogP contribution in [0.15, 0.2) is 41.3 Å². The van der Waals surface area contributed by atoms with E-state index in [1.54, 1.807) is 24.3 Å². The van der Waals surface area contributed by atoms with Crippen LogP contribution in [0, 0.1) is 0 Å². The smallest absolute Gasteiger partial charge is 0.744 e. The molecule has 0 aliphatic rings. The Bertz CT molecular complexity index is 620. The number of hydrogen-bond acceptors (Lipinski definition) is 4. The molecule has 2 N–H and O–H groups in total. The van der Waals surface area contributed by atoms with Crippen molar-refractivity contribution >= 4 is 49.6 Å². The summed E-state index contributed by atoms with van der Waals surface area (Å²) in [5.41, 5.74) is 5.94. The number of nitrogen functional groups attached to an aromatic ring is 1. The van der Waals surface area contributed by atoms with Crippen LogP contribution in [-0.4, -0.2) is 36.0 Å². The second-order valence-electron chi connectivity index (χ2n) is 3.16. The van der Waals surface area contributed by atoms with E-state index < -0.39 is 10.1 Å². The normalized spacial score (nSPS) is 11.1. The van der Waals surface area contributed by atoms with Gasteiger partial charge in [0.25, 0.3) is 0 Å². The van der Waals surface area contributed by atoms with Gasteiger partial charge in [-0.05, 0) is 17.5 Å². The monoisotopic (exact) mass is 246 g/mol. The minimum Gasteiger partial charge on any atom is -0.744 e. The van der Waals surface area contributed by atoms with E-state index in [4.69, 9.17) is 5.73 Å². The Balaban J connectivity index is 0.00000128. The third-order valence-corrected chi connectivity index (χ3v) is 3.05. The molecule has 0 fully saturated rings. The molecule has 0 aromatic heterocycles. The molecule has 0 aliphatic heterocycles. The Morgan fingerprint density at radius 3 is 2.19 bits per heavy atom. The molecule has 0 atom stereocenters. The number of nitrogens with two attached hydrogens (primary N) is 1. The fraction of sp³-hybridized carbons (Fsp3) is 0. The maximum absolute atomic E-state index is 11.0. The van der Waals surface area contributed by atoms with Crippen molar-refractivity contribution < 1.29 is 13.0 Å². The summed E-state index contributed by atoms with van der Waals surface area (Å²) >= 11 is 0. The van der Waals surface area contributed by atoms with Gasteiger partial charge < -0.3 is 10.3 Å². The van der Waals surface area contributed by atoms with Gasteiger partial charge >= 0.3 is 23.1 Å². The van der Waals surface area contributed by atoms with E-state index in [1.165, 1.54) is 12.1 Å². The zero-order valence-corrected chi connectivity index (χ0v) is 10.6. The summed E-state index contributed by atoms with van der Waals surface area (Å²) in [5, 5.41) is 0.946. The van der Waals surface area contributed by atoms with Gasteiger partial charge in [0.2, 0.25) is 0 Å². The first-order valence-corrected chi connectivity index (χ1v) is 5.64. The topological polar surface area (TPSA) is 83.2 Å². The summed E-state index contributed by atoms with van der Waals surface area (Å²) < 4.78 is 33.0. The minimum atomic E-state index is -4.48. The van der Waals surface area contributed by atoms with Crippen molar-refractivity contribution in [1.29, 1.82) is 0 Å². The van der Waals surface area contributed by atoms with Crippen LogP contribution in [0.5, 0.6) is 0 Å². The largest absolute Gasteiger partial charge is 2.00 e. The first-order valence-electron chi connectivity index (χ1n) is 4.23. The molecule has 2 aromatic carbocycles. The van der Waals surface area contributed by atoms with Gasteiger partial charge in [0.1, 0.15) is 10.1 Å². The summed E-state index contributed by atoms with van der Waals surface area (Å²) in [5.74, 6) is 0. The van der Waals surface area contributed by atoms with Crippen LogP contribution >= 0.6 is 0 Å². The molecule has 0 saturated carbocycles. The van der Waals surface area contributed by atoms with Crippen LogP contribution < -0.4 is 5.73 Å². The zero-order chi connectivity index (χ0) is 11.1. The van der Waals surface area contributed by atoms with Crippen molar-refractivity contribution in [3.8, 4) is 0 Å². The van der Waals surface area contributed by atoms with Crippen molar-refractivity contribution in [2.24, 2.45) is 0 Å². The van der Waals surface area contributed by atoms with Crippen LogP contribution in [-0.2, 0) is 10.1 Å². The Kier molecular flexibility index (Phi) is 3.79. The fourth-order valence-electron chi connectivity index (χ4n) is 1.54. The zero-order valence-electron chi connectivity index (χ0n) is 8.38. The first-order chi connectivity index (χ1) is 7.00. The van der Waals surface area contributed by atoms with Crippen LogP contribution in [0.3, 0.4) is 0 Å². The van der Waals surface area contributed by atoms with Crippen molar-refractivity contribution in [2.45, 2.75) is 4.90 Å². The Hall–Kier alpha value is -0.824. The summed E-state index contributed by atoms with van der Waals surface area (Å²) in [4.78, 5) is -0.266. The van der Waals surface area contributed by atoms with E-state index in [0.717, 1.165) is 0 Å². The predicted octanol–water partition coefficient (Wildman–Crippen LogP) is 0.945. The van der Waals surface area contributed by atoms with Gasteiger partial charge in [0, 0.05) is 11.1 Å². The number of benzene rings is 2. The molecule has 2 aromatic rings. The van der Waals surface area contributed by atoms with Crippen molar-refractivity contribution in [1.82, 2.24) is 0 Å². The SMILES string of the molecule is Nc1cccc2cccc(S(=O)(=O)[O-])c12.[Mg+2]. The summed E-state index contributed by atoms with van der Waals surface area (Å²) in [7, 11) is -4.48. The molecule has 16 heavy (non-hydrogen) atoms. The molecule has 78 valence electrons. The molecule has 4 nitrogen and oxygen atoms in total. The maximum Gasteiger partial charge on any atom is 2.00 e. The summed E-state index contributed by atoms with van der Waals surface area (Å²) in [6, 6.07) is 9.48. The van der Waals surface area contributed by atoms with Gasteiger partial charge in [-0.2, -0.15) is 0 Å². The van der Waals surface area contributed by atoms with Crippen LogP contribution in [0.1, 0.15) is 0 Å². The molecule has 6 heteroatoms. The standard InChI is InChI=1S/C10H9NO3S.Mg/c11-8-5-1-3-7-4-2-6-9(10(7)8)15(12,13)14;/h1-6H,11H2,(H,12,13,14);/q;+2/p-1. The summed E-state index contributed by atoms with van der Waals surface area (Å²) in [6.45, 7) is 0. The third kappa shape index (κ3) is 2.29. The van der Waals surface area contributed by atoms with Crippen molar-refractivity contribution in [3.05, 3.63) is 36.4 Å². The minimum absolute atomic E-state index is 0. The van der Waals surface area contributed by atoms with Crippen molar-refractivity contribution in [2.75, 3.05) is 5.73 Å². The van der Waals surface area contributed by atoms with Crippen LogP contribution in [0.2, 0.25) is 0 Å². The molecule has 0 amide bonds. The maximum atomic E-state index is 11.0. The fourth-order valence-corrected chi connectivity index (χ4v) is 2.27. The van der Waals surface area contributed by atoms with E-state index in [0.29, 0.717) is 16.5 Å². The second-order valence-corrected chi connectivity index (χ2v) is 4.50. The quantitative estimate of drug-likeness (QED) is 0.461. The van der Waals surface area contributed by atoms with Gasteiger partial charge in [-0.25, -0.2) is 8.42 Å². The third-order valence-electron chi connectivity index (χ3n) is 2.17. The molecular weight excluding hydrogens is 238 g/mol. The summed E-state index contributed by atoms with van der Waals surface area (Å²) in [6.07, 6.45) is 0. The molecule has 0 unspecified atom stereocenters. The van der Waals surface area contributed by atoms with E-state index >= 15 is 0 Å². The molecular formula is C10H8MgNO3S+. The van der Waals surface area contributed by atoms with Crippen LogP contribution in [0.25, 0.3) is 10.8 Å². The molecule has 0 aliphatic carbocycles. The van der Waals surface area contributed by atoms with Gasteiger partial charge in [-0.15, -0.1) is 0 Å². The number of fused-ring (bicyclic) bond motifs is 1. The van der Waals surface area contributed by atoms with Gasteiger partial charge in [-0.1, -0.05) is 24.3 Å². The first kappa shape index (κ1) is 13.2. The van der Waals surface area contributed by atoms with Gasteiger partial charge in [0.05, 0.1) is 4.90 Å². The molecule has 0 spiro atoms. The number of hydrogen-bond donors (Lipinski definition) is 1. The molecule has 2 rings (SSSR count). The van der Waals surface area contributed by atoms with E-state index in [2.05, 4.69) is 0 Å². The molecule has 0 heterocycles. The van der Waals surface area contributed by atoms with Crippen LogP contribution in [0.4, 0.5) is 5.69 Å². The molecule has 0 saturated heterocycles. The van der Waals surface area contributed by atoms with Gasteiger partial charge in [0.15, 0.2) is 0 Å². The average molecular weight is 247 g/mol.